The fourth-order valence-corrected chi connectivity index (χ4v) is 4.80. The van der Waals surface area contributed by atoms with Crippen LogP contribution < -0.4 is 0 Å². The van der Waals surface area contributed by atoms with Crippen LogP contribution in [-0.4, -0.2) is 0 Å². The standard InChI is InChI=1S/C25H50/c1-3-4-5-6-7-8-9-10-11-12-13-14-15-16-17-18-21-25-22-19-20-24(2)23-25/h24-25H,3-23H2,1-2H3. The highest BCUT2D eigenvalue weighted by molar-refractivity contribution is 4.70. The van der Waals surface area contributed by atoms with Crippen molar-refractivity contribution in [3.05, 3.63) is 0 Å². The van der Waals surface area contributed by atoms with E-state index in [4.69, 9.17) is 0 Å². The molecule has 1 rings (SSSR count). The Bertz CT molecular complexity index is 257. The molecular weight excluding hydrogens is 300 g/mol. The van der Waals surface area contributed by atoms with Crippen molar-refractivity contribution in [1.82, 2.24) is 0 Å². The van der Waals surface area contributed by atoms with Gasteiger partial charge in [0.05, 0.1) is 0 Å². The van der Waals surface area contributed by atoms with Gasteiger partial charge >= 0.3 is 0 Å². The molecule has 1 aliphatic rings. The van der Waals surface area contributed by atoms with Gasteiger partial charge in [-0.05, 0) is 18.3 Å². The van der Waals surface area contributed by atoms with E-state index in [2.05, 4.69) is 13.8 Å². The fraction of sp³-hybridized carbons (Fsp3) is 1.00. The highest BCUT2D eigenvalue weighted by atomic mass is 14.2. The third-order valence-corrected chi connectivity index (χ3v) is 6.51. The van der Waals surface area contributed by atoms with Crippen molar-refractivity contribution in [2.75, 3.05) is 0 Å². The first-order valence-electron chi connectivity index (χ1n) is 12.3. The lowest BCUT2D eigenvalue weighted by molar-refractivity contribution is 0.263. The molecule has 0 nitrogen and oxygen atoms in total. The minimum Gasteiger partial charge on any atom is -0.0654 e. The van der Waals surface area contributed by atoms with E-state index in [1.165, 1.54) is 135 Å². The zero-order chi connectivity index (χ0) is 18.0. The van der Waals surface area contributed by atoms with Crippen molar-refractivity contribution in [3.8, 4) is 0 Å². The molecule has 0 heterocycles. The SMILES string of the molecule is CCCCCCCCCCCCCCCCCCC1CCCC(C)C1. The Morgan fingerprint density at radius 3 is 1.44 bits per heavy atom. The van der Waals surface area contributed by atoms with Crippen LogP contribution in [0.2, 0.25) is 0 Å². The first-order valence-corrected chi connectivity index (χ1v) is 12.3. The maximum absolute atomic E-state index is 2.46. The van der Waals surface area contributed by atoms with E-state index in [9.17, 15) is 0 Å². The van der Waals surface area contributed by atoms with Crippen LogP contribution >= 0.6 is 0 Å². The summed E-state index contributed by atoms with van der Waals surface area (Å²) in [5.74, 6) is 2.09. The Labute approximate surface area is 160 Å². The summed E-state index contributed by atoms with van der Waals surface area (Å²) in [6.07, 6.45) is 31.3. The molecule has 0 bridgehead atoms. The highest BCUT2D eigenvalue weighted by Gasteiger charge is 2.17. The van der Waals surface area contributed by atoms with Crippen LogP contribution in [0.4, 0.5) is 0 Å². The zero-order valence-corrected chi connectivity index (χ0v) is 18.0. The molecule has 0 N–H and O–H groups in total. The first kappa shape index (κ1) is 23.0. The summed E-state index contributed by atoms with van der Waals surface area (Å²) in [6, 6.07) is 0. The van der Waals surface area contributed by atoms with Crippen molar-refractivity contribution >= 4 is 0 Å². The Kier molecular flexibility index (Phi) is 16.1. The van der Waals surface area contributed by atoms with Crippen LogP contribution in [0.1, 0.15) is 149 Å². The molecule has 25 heavy (non-hydrogen) atoms. The lowest BCUT2D eigenvalue weighted by atomic mass is 9.80. The summed E-state index contributed by atoms with van der Waals surface area (Å²) in [7, 11) is 0. The van der Waals surface area contributed by atoms with Crippen LogP contribution in [-0.2, 0) is 0 Å². The second-order valence-corrected chi connectivity index (χ2v) is 9.23. The van der Waals surface area contributed by atoms with Gasteiger partial charge in [-0.25, -0.2) is 0 Å². The molecule has 2 unspecified atom stereocenters. The second-order valence-electron chi connectivity index (χ2n) is 9.23. The highest BCUT2D eigenvalue weighted by Crippen LogP contribution is 2.32. The third-order valence-electron chi connectivity index (χ3n) is 6.51. The molecule has 0 spiro atoms. The topological polar surface area (TPSA) is 0 Å². The Hall–Kier alpha value is 0. The molecule has 1 saturated carbocycles. The smallest absolute Gasteiger partial charge is 0.0412 e. The lowest BCUT2D eigenvalue weighted by Crippen LogP contribution is -2.12. The molecule has 1 aliphatic carbocycles. The third kappa shape index (κ3) is 14.8. The van der Waals surface area contributed by atoms with Gasteiger partial charge in [0.25, 0.3) is 0 Å². The summed E-state index contributed by atoms with van der Waals surface area (Å²) < 4.78 is 0. The normalized spacial score (nSPS) is 20.9. The van der Waals surface area contributed by atoms with E-state index < -0.39 is 0 Å². The molecule has 0 aromatic rings. The van der Waals surface area contributed by atoms with Gasteiger partial charge in [-0.2, -0.15) is 0 Å². The Morgan fingerprint density at radius 1 is 0.560 bits per heavy atom. The summed E-state index contributed by atoms with van der Waals surface area (Å²) in [5.41, 5.74) is 0. The van der Waals surface area contributed by atoms with Crippen molar-refractivity contribution in [1.29, 1.82) is 0 Å². The van der Waals surface area contributed by atoms with Gasteiger partial charge in [-0.3, -0.25) is 0 Å². The van der Waals surface area contributed by atoms with Crippen LogP contribution in [0.25, 0.3) is 0 Å². The number of rotatable bonds is 17. The summed E-state index contributed by atoms with van der Waals surface area (Å²) >= 11 is 0. The molecule has 150 valence electrons. The predicted molar refractivity (Wildman–Crippen MR) is 115 cm³/mol. The van der Waals surface area contributed by atoms with Crippen molar-refractivity contribution < 1.29 is 0 Å². The van der Waals surface area contributed by atoms with Gasteiger partial charge in [0, 0.05) is 0 Å². The molecule has 1 fully saturated rings. The first-order chi connectivity index (χ1) is 12.3. The van der Waals surface area contributed by atoms with E-state index in [1.54, 1.807) is 0 Å². The molecule has 0 amide bonds. The largest absolute Gasteiger partial charge is 0.0654 e. The molecule has 2 atom stereocenters. The zero-order valence-electron chi connectivity index (χ0n) is 18.0. The monoisotopic (exact) mass is 350 g/mol. The lowest BCUT2D eigenvalue weighted by Gasteiger charge is -2.26. The molecule has 0 radical (unpaired) electrons. The van der Waals surface area contributed by atoms with E-state index in [0.717, 1.165) is 11.8 Å². The fourth-order valence-electron chi connectivity index (χ4n) is 4.80. The van der Waals surface area contributed by atoms with Gasteiger partial charge in [0.1, 0.15) is 0 Å². The van der Waals surface area contributed by atoms with Crippen molar-refractivity contribution in [2.45, 2.75) is 149 Å². The number of hydrogen-bond acceptors (Lipinski definition) is 0. The van der Waals surface area contributed by atoms with Crippen molar-refractivity contribution in [3.63, 3.8) is 0 Å². The second kappa shape index (κ2) is 17.4. The molecule has 0 aliphatic heterocycles. The van der Waals surface area contributed by atoms with E-state index in [-0.39, 0.29) is 0 Å². The Balaban J connectivity index is 1.69. The van der Waals surface area contributed by atoms with Gasteiger partial charge in [-0.15, -0.1) is 0 Å². The van der Waals surface area contributed by atoms with Crippen molar-refractivity contribution in [2.24, 2.45) is 11.8 Å². The van der Waals surface area contributed by atoms with Crippen LogP contribution in [0, 0.1) is 11.8 Å². The predicted octanol–water partition coefficient (Wildman–Crippen LogP) is 9.46. The minimum absolute atomic E-state index is 1.01. The molecule has 0 aromatic heterocycles. The summed E-state index contributed by atoms with van der Waals surface area (Å²) in [5, 5.41) is 0. The number of unbranched alkanes of at least 4 members (excludes halogenated alkanes) is 15. The summed E-state index contributed by atoms with van der Waals surface area (Å²) in [4.78, 5) is 0. The average Bonchev–Trinajstić information content (AvgIpc) is 2.61. The van der Waals surface area contributed by atoms with Gasteiger partial charge in [-0.1, -0.05) is 142 Å². The molecule has 0 saturated heterocycles. The average molecular weight is 351 g/mol. The van der Waals surface area contributed by atoms with Gasteiger partial charge in [0.2, 0.25) is 0 Å². The molecule has 0 aromatic carbocycles. The quantitative estimate of drug-likeness (QED) is 0.229. The molecule has 0 heteroatoms. The van der Waals surface area contributed by atoms with Crippen LogP contribution in [0.3, 0.4) is 0 Å². The summed E-state index contributed by atoms with van der Waals surface area (Å²) in [6.45, 7) is 4.76. The van der Waals surface area contributed by atoms with E-state index in [1.807, 2.05) is 0 Å². The maximum Gasteiger partial charge on any atom is -0.0412 e. The van der Waals surface area contributed by atoms with E-state index in [0.29, 0.717) is 0 Å². The number of hydrogen-bond donors (Lipinski definition) is 0. The van der Waals surface area contributed by atoms with Crippen LogP contribution in [0.15, 0.2) is 0 Å². The van der Waals surface area contributed by atoms with Crippen LogP contribution in [0.5, 0.6) is 0 Å². The maximum atomic E-state index is 2.46. The minimum atomic E-state index is 1.01. The van der Waals surface area contributed by atoms with Gasteiger partial charge in [0.15, 0.2) is 0 Å². The van der Waals surface area contributed by atoms with Gasteiger partial charge < -0.3 is 0 Å². The Morgan fingerprint density at radius 2 is 1.00 bits per heavy atom. The molecular formula is C25H50. The van der Waals surface area contributed by atoms with E-state index >= 15 is 0 Å².